The van der Waals surface area contributed by atoms with Crippen LogP contribution in [0, 0.1) is 0 Å². The van der Waals surface area contributed by atoms with Crippen LogP contribution in [0.2, 0.25) is 0 Å². The molecule has 0 aliphatic heterocycles. The first kappa shape index (κ1) is 22.8. The van der Waals surface area contributed by atoms with Crippen LogP contribution in [0.3, 0.4) is 0 Å². The summed E-state index contributed by atoms with van der Waals surface area (Å²) in [5.41, 5.74) is 0.829. The predicted octanol–water partition coefficient (Wildman–Crippen LogP) is 2.72. The molecule has 0 aromatic heterocycles. The van der Waals surface area contributed by atoms with Gasteiger partial charge in [0.1, 0.15) is 0 Å². The van der Waals surface area contributed by atoms with E-state index in [1.54, 1.807) is 26.8 Å². The van der Waals surface area contributed by atoms with Crippen molar-refractivity contribution in [1.29, 1.82) is 0 Å². The smallest absolute Gasteiger partial charge is 0.330 e. The van der Waals surface area contributed by atoms with E-state index < -0.39 is 17.9 Å². The van der Waals surface area contributed by atoms with Gasteiger partial charge in [0.2, 0.25) is 0 Å². The molecular formula is C14H22O6. The highest BCUT2D eigenvalue weighted by molar-refractivity contribution is 5.86. The summed E-state index contributed by atoms with van der Waals surface area (Å²) in [4.78, 5) is 29.3. The molecule has 0 heterocycles. The van der Waals surface area contributed by atoms with E-state index in [-0.39, 0.29) is 11.1 Å². The number of hydrogen-bond donors (Lipinski definition) is 3. The Labute approximate surface area is 118 Å². The number of aliphatic carboxylic acids is 3. The Morgan fingerprint density at radius 2 is 1.30 bits per heavy atom. The summed E-state index contributed by atoms with van der Waals surface area (Å²) >= 11 is 0. The van der Waals surface area contributed by atoms with Crippen molar-refractivity contribution in [2.45, 2.75) is 34.1 Å². The average Bonchev–Trinajstić information content (AvgIpc) is 2.37. The average molecular weight is 286 g/mol. The molecule has 0 saturated heterocycles. The third kappa shape index (κ3) is 18.0. The third-order valence-electron chi connectivity index (χ3n) is 1.86. The van der Waals surface area contributed by atoms with Gasteiger partial charge in [0.05, 0.1) is 0 Å². The van der Waals surface area contributed by atoms with Crippen LogP contribution < -0.4 is 0 Å². The second-order valence-corrected chi connectivity index (χ2v) is 3.62. The molecule has 0 aromatic carbocycles. The van der Waals surface area contributed by atoms with E-state index in [1.807, 2.05) is 0 Å². The Morgan fingerprint density at radius 1 is 0.950 bits per heavy atom. The van der Waals surface area contributed by atoms with Crippen LogP contribution in [0.25, 0.3) is 0 Å². The van der Waals surface area contributed by atoms with Crippen molar-refractivity contribution >= 4 is 17.9 Å². The maximum atomic E-state index is 9.86. The van der Waals surface area contributed by atoms with Gasteiger partial charge in [-0.1, -0.05) is 26.2 Å². The van der Waals surface area contributed by atoms with Gasteiger partial charge in [-0.05, 0) is 27.2 Å². The van der Waals surface area contributed by atoms with E-state index in [4.69, 9.17) is 15.3 Å². The predicted molar refractivity (Wildman–Crippen MR) is 76.6 cm³/mol. The van der Waals surface area contributed by atoms with Gasteiger partial charge in [-0.3, -0.25) is 0 Å². The molecule has 3 N–H and O–H groups in total. The number of carboxylic acids is 3. The monoisotopic (exact) mass is 286 g/mol. The highest BCUT2D eigenvalue weighted by Gasteiger charge is 1.96. The summed E-state index contributed by atoms with van der Waals surface area (Å²) in [6.45, 7) is 12.9. The van der Waals surface area contributed by atoms with Crippen molar-refractivity contribution in [2.75, 3.05) is 0 Å². The number of carbonyl (C=O) groups is 3. The van der Waals surface area contributed by atoms with Gasteiger partial charge in [0.15, 0.2) is 0 Å². The van der Waals surface area contributed by atoms with Gasteiger partial charge in [0, 0.05) is 16.7 Å². The summed E-state index contributed by atoms with van der Waals surface area (Å²) in [5.74, 6) is -2.68. The van der Waals surface area contributed by atoms with Gasteiger partial charge in [-0.2, -0.15) is 0 Å². The lowest BCUT2D eigenvalue weighted by Crippen LogP contribution is -1.95. The molecule has 6 heteroatoms. The third-order valence-corrected chi connectivity index (χ3v) is 1.86. The normalized spacial score (nSPS) is 9.10. The first-order chi connectivity index (χ1) is 9.00. The molecule has 0 aromatic rings. The first-order valence-electron chi connectivity index (χ1n) is 5.67. The Bertz CT molecular complexity index is 392. The van der Waals surface area contributed by atoms with Gasteiger partial charge in [0.25, 0.3) is 0 Å². The first-order valence-corrected chi connectivity index (χ1v) is 5.67. The number of hydrogen-bond acceptors (Lipinski definition) is 3. The molecule has 6 nitrogen and oxygen atoms in total. The topological polar surface area (TPSA) is 112 Å². The Kier molecular flexibility index (Phi) is 14.9. The second-order valence-electron chi connectivity index (χ2n) is 3.62. The molecule has 0 rings (SSSR count). The SMILES string of the molecule is C=C(C)C(=O)O.C=C(CC)C(=O)O.CC=C(C)C(=O)O. The summed E-state index contributed by atoms with van der Waals surface area (Å²) in [6.07, 6.45) is 2.08. The molecule has 0 fully saturated rings. The molecule has 0 aliphatic rings. The molecule has 0 radical (unpaired) electrons. The van der Waals surface area contributed by atoms with Crippen LogP contribution in [0.15, 0.2) is 36.0 Å². The van der Waals surface area contributed by atoms with E-state index in [0.29, 0.717) is 12.0 Å². The van der Waals surface area contributed by atoms with E-state index in [0.717, 1.165) is 0 Å². The maximum absolute atomic E-state index is 9.86. The fourth-order valence-corrected chi connectivity index (χ4v) is 0.275. The summed E-state index contributed by atoms with van der Waals surface area (Å²) < 4.78 is 0. The molecular weight excluding hydrogens is 264 g/mol. The van der Waals surface area contributed by atoms with Gasteiger partial charge < -0.3 is 15.3 Å². The summed E-state index contributed by atoms with van der Waals surface area (Å²) in [7, 11) is 0. The fourth-order valence-electron chi connectivity index (χ4n) is 0.275. The lowest BCUT2D eigenvalue weighted by Gasteiger charge is -1.87. The highest BCUT2D eigenvalue weighted by atomic mass is 16.4. The van der Waals surface area contributed by atoms with Crippen molar-refractivity contribution in [3.8, 4) is 0 Å². The highest BCUT2D eigenvalue weighted by Crippen LogP contribution is 1.93. The van der Waals surface area contributed by atoms with Gasteiger partial charge in [-0.25, -0.2) is 14.4 Å². The van der Waals surface area contributed by atoms with Crippen molar-refractivity contribution in [2.24, 2.45) is 0 Å². The van der Waals surface area contributed by atoms with Crippen LogP contribution >= 0.6 is 0 Å². The lowest BCUT2D eigenvalue weighted by atomic mass is 10.2. The molecule has 20 heavy (non-hydrogen) atoms. The maximum Gasteiger partial charge on any atom is 0.330 e. The van der Waals surface area contributed by atoms with Crippen molar-refractivity contribution in [3.05, 3.63) is 36.0 Å². The minimum atomic E-state index is -0.935. The standard InChI is InChI=1S/2C5H8O2.C4H6O2/c2*1-3-4(2)5(6)7;1-3(2)4(5)6/h3H,1-2H3,(H,6,7);2-3H2,1H3,(H,6,7);1H2,2H3,(H,5,6). The zero-order valence-corrected chi connectivity index (χ0v) is 12.3. The largest absolute Gasteiger partial charge is 0.478 e. The minimum Gasteiger partial charge on any atom is -0.478 e. The summed E-state index contributed by atoms with van der Waals surface area (Å²) in [6, 6.07) is 0. The number of rotatable bonds is 4. The van der Waals surface area contributed by atoms with E-state index in [1.165, 1.54) is 6.92 Å². The van der Waals surface area contributed by atoms with Crippen LogP contribution in [-0.2, 0) is 14.4 Å². The van der Waals surface area contributed by atoms with Crippen molar-refractivity contribution < 1.29 is 29.7 Å². The number of carboxylic acid groups (broad SMARTS) is 3. The van der Waals surface area contributed by atoms with Crippen molar-refractivity contribution in [1.82, 2.24) is 0 Å². The van der Waals surface area contributed by atoms with E-state index >= 15 is 0 Å². The molecule has 0 saturated carbocycles. The van der Waals surface area contributed by atoms with Crippen LogP contribution in [0.1, 0.15) is 34.1 Å². The van der Waals surface area contributed by atoms with Crippen molar-refractivity contribution in [3.63, 3.8) is 0 Å². The van der Waals surface area contributed by atoms with Crippen LogP contribution in [-0.4, -0.2) is 33.2 Å². The molecule has 0 unspecified atom stereocenters. The minimum absolute atomic E-state index is 0.176. The lowest BCUT2D eigenvalue weighted by molar-refractivity contribution is -0.133. The van der Waals surface area contributed by atoms with Crippen LogP contribution in [0.5, 0.6) is 0 Å². The summed E-state index contributed by atoms with van der Waals surface area (Å²) in [5, 5.41) is 24.1. The van der Waals surface area contributed by atoms with Gasteiger partial charge in [-0.15, -0.1) is 0 Å². The Morgan fingerprint density at radius 3 is 1.30 bits per heavy atom. The molecule has 0 amide bonds. The van der Waals surface area contributed by atoms with Gasteiger partial charge >= 0.3 is 17.9 Å². The molecule has 0 bridgehead atoms. The second kappa shape index (κ2) is 13.1. The Hall–Kier alpha value is -2.37. The van der Waals surface area contributed by atoms with E-state index in [9.17, 15) is 14.4 Å². The Balaban J connectivity index is -0.000000218. The zero-order chi connectivity index (χ0) is 16.9. The number of allylic oxidation sites excluding steroid dienone is 1. The molecule has 0 aliphatic carbocycles. The fraction of sp³-hybridized carbons (Fsp3) is 0.357. The molecule has 114 valence electrons. The van der Waals surface area contributed by atoms with E-state index in [2.05, 4.69) is 13.2 Å². The molecule has 0 atom stereocenters. The molecule has 0 spiro atoms. The quantitative estimate of drug-likeness (QED) is 0.685. The zero-order valence-electron chi connectivity index (χ0n) is 12.3. The van der Waals surface area contributed by atoms with Crippen LogP contribution in [0.4, 0.5) is 0 Å².